The van der Waals surface area contributed by atoms with Gasteiger partial charge in [0.2, 0.25) is 0 Å². The van der Waals surface area contributed by atoms with Crippen molar-refractivity contribution in [2.45, 2.75) is 13.5 Å². The average Bonchev–Trinajstić information content (AvgIpc) is 2.95. The minimum absolute atomic E-state index is 0.252. The maximum Gasteiger partial charge on any atom is 0.274 e. The van der Waals surface area contributed by atoms with Crippen molar-refractivity contribution in [2.75, 3.05) is 0 Å². The second-order valence-electron chi connectivity index (χ2n) is 4.92. The Kier molecular flexibility index (Phi) is 4.47. The lowest BCUT2D eigenvalue weighted by Crippen LogP contribution is -2.24. The van der Waals surface area contributed by atoms with Gasteiger partial charge in [0.15, 0.2) is 5.69 Å². The fourth-order valence-corrected chi connectivity index (χ4v) is 2.61. The van der Waals surface area contributed by atoms with Crippen molar-refractivity contribution in [3.05, 3.63) is 70.2 Å². The van der Waals surface area contributed by atoms with Gasteiger partial charge in [-0.3, -0.25) is 9.78 Å². The first kappa shape index (κ1) is 15.4. The van der Waals surface area contributed by atoms with Crippen LogP contribution in [0.15, 0.2) is 53.3 Å². The average molecular weight is 372 g/mol. The van der Waals surface area contributed by atoms with Gasteiger partial charge in [-0.05, 0) is 52.7 Å². The molecule has 0 spiro atoms. The summed E-state index contributed by atoms with van der Waals surface area (Å²) in [6, 6.07) is 11.4. The van der Waals surface area contributed by atoms with Crippen molar-refractivity contribution >= 4 is 21.8 Å². The Labute approximate surface area is 141 Å². The van der Waals surface area contributed by atoms with E-state index in [0.29, 0.717) is 17.9 Å². The minimum Gasteiger partial charge on any atom is -0.347 e. The first-order valence-corrected chi connectivity index (χ1v) is 7.80. The molecule has 2 heterocycles. The quantitative estimate of drug-likeness (QED) is 0.764. The Morgan fingerprint density at radius 1 is 1.22 bits per heavy atom. The number of nitrogens with zero attached hydrogens (tertiary/aromatic N) is 4. The van der Waals surface area contributed by atoms with E-state index in [-0.39, 0.29) is 5.91 Å². The third-order valence-corrected chi connectivity index (χ3v) is 4.06. The molecule has 0 saturated heterocycles. The molecule has 3 aromatic rings. The van der Waals surface area contributed by atoms with E-state index in [2.05, 4.69) is 36.5 Å². The summed E-state index contributed by atoms with van der Waals surface area (Å²) in [5.41, 5.74) is 2.81. The molecule has 0 bridgehead atoms. The summed E-state index contributed by atoms with van der Waals surface area (Å²) in [5, 5.41) is 10.9. The van der Waals surface area contributed by atoms with Crippen molar-refractivity contribution < 1.29 is 4.79 Å². The summed E-state index contributed by atoms with van der Waals surface area (Å²) in [4.78, 5) is 16.3. The summed E-state index contributed by atoms with van der Waals surface area (Å²) in [5.74, 6) is -0.252. The summed E-state index contributed by atoms with van der Waals surface area (Å²) in [6.45, 7) is 2.24. The van der Waals surface area contributed by atoms with Gasteiger partial charge < -0.3 is 5.32 Å². The molecule has 1 N–H and O–H groups in total. The van der Waals surface area contributed by atoms with Gasteiger partial charge >= 0.3 is 0 Å². The summed E-state index contributed by atoms with van der Waals surface area (Å²) in [6.07, 6.45) is 3.38. The van der Waals surface area contributed by atoms with Crippen molar-refractivity contribution in [1.29, 1.82) is 0 Å². The molecule has 0 radical (unpaired) electrons. The first-order valence-electron chi connectivity index (χ1n) is 7.01. The van der Waals surface area contributed by atoms with Crippen molar-refractivity contribution in [3.63, 3.8) is 0 Å². The van der Waals surface area contributed by atoms with Crippen LogP contribution in [0, 0.1) is 6.92 Å². The number of hydrogen-bond donors (Lipinski definition) is 1. The summed E-state index contributed by atoms with van der Waals surface area (Å²) < 4.78 is 2.53. The molecule has 6 nitrogen and oxygen atoms in total. The number of para-hydroxylation sites is 1. The maximum atomic E-state index is 12.3. The number of aromatic nitrogens is 4. The molecule has 2 aromatic heterocycles. The second kappa shape index (κ2) is 6.70. The van der Waals surface area contributed by atoms with Crippen LogP contribution in [0.2, 0.25) is 0 Å². The summed E-state index contributed by atoms with van der Waals surface area (Å²) in [7, 11) is 0. The van der Waals surface area contributed by atoms with Gasteiger partial charge in [-0.2, -0.15) is 0 Å². The van der Waals surface area contributed by atoms with E-state index in [1.165, 1.54) is 0 Å². The third kappa shape index (κ3) is 3.29. The van der Waals surface area contributed by atoms with E-state index in [1.54, 1.807) is 17.1 Å². The number of halogens is 1. The molecular weight excluding hydrogens is 358 g/mol. The van der Waals surface area contributed by atoms with Crippen LogP contribution in [0.5, 0.6) is 0 Å². The van der Waals surface area contributed by atoms with Gasteiger partial charge in [-0.15, -0.1) is 5.10 Å². The SMILES string of the molecule is Cc1c(C(=O)NCc2ccncc2)nnn1-c1ccccc1Br. The molecular formula is C16H14BrN5O. The van der Waals surface area contributed by atoms with Crippen LogP contribution < -0.4 is 5.32 Å². The number of amides is 1. The maximum absolute atomic E-state index is 12.3. The van der Waals surface area contributed by atoms with E-state index < -0.39 is 0 Å². The molecule has 116 valence electrons. The van der Waals surface area contributed by atoms with E-state index >= 15 is 0 Å². The van der Waals surface area contributed by atoms with Crippen LogP contribution in [0.3, 0.4) is 0 Å². The molecule has 0 aliphatic rings. The fourth-order valence-electron chi connectivity index (χ4n) is 2.16. The molecule has 1 aromatic carbocycles. The van der Waals surface area contributed by atoms with E-state index in [9.17, 15) is 4.79 Å². The van der Waals surface area contributed by atoms with E-state index in [0.717, 1.165) is 15.7 Å². The number of pyridine rings is 1. The van der Waals surface area contributed by atoms with Gasteiger partial charge in [-0.1, -0.05) is 17.3 Å². The molecule has 0 fully saturated rings. The zero-order chi connectivity index (χ0) is 16.2. The van der Waals surface area contributed by atoms with Crippen LogP contribution in [0.1, 0.15) is 21.7 Å². The predicted octanol–water partition coefficient (Wildman–Crippen LogP) is 2.66. The highest BCUT2D eigenvalue weighted by atomic mass is 79.9. The van der Waals surface area contributed by atoms with Crippen molar-refractivity contribution in [1.82, 2.24) is 25.3 Å². The van der Waals surface area contributed by atoms with Crippen molar-refractivity contribution in [3.8, 4) is 5.69 Å². The van der Waals surface area contributed by atoms with Crippen LogP contribution in [-0.4, -0.2) is 25.9 Å². The largest absolute Gasteiger partial charge is 0.347 e. The molecule has 3 rings (SSSR count). The standard InChI is InChI=1S/C16H14BrN5O/c1-11-15(16(23)19-10-12-6-8-18-9-7-12)20-21-22(11)14-5-3-2-4-13(14)17/h2-9H,10H2,1H3,(H,19,23). The van der Waals surface area contributed by atoms with Crippen LogP contribution in [-0.2, 0) is 6.54 Å². The second-order valence-corrected chi connectivity index (χ2v) is 5.78. The van der Waals surface area contributed by atoms with Crippen LogP contribution in [0.25, 0.3) is 5.69 Å². The zero-order valence-electron chi connectivity index (χ0n) is 12.4. The lowest BCUT2D eigenvalue weighted by Gasteiger charge is -2.06. The minimum atomic E-state index is -0.252. The molecule has 7 heteroatoms. The molecule has 23 heavy (non-hydrogen) atoms. The Hall–Kier alpha value is -2.54. The number of carbonyl (C=O) groups excluding carboxylic acids is 1. The number of hydrogen-bond acceptors (Lipinski definition) is 4. The Morgan fingerprint density at radius 3 is 2.70 bits per heavy atom. The molecule has 0 aliphatic carbocycles. The van der Waals surface area contributed by atoms with Crippen molar-refractivity contribution in [2.24, 2.45) is 0 Å². The van der Waals surface area contributed by atoms with Gasteiger partial charge in [-0.25, -0.2) is 4.68 Å². The van der Waals surface area contributed by atoms with Gasteiger partial charge in [0.1, 0.15) is 0 Å². The van der Waals surface area contributed by atoms with Crippen LogP contribution in [0.4, 0.5) is 0 Å². The number of benzene rings is 1. The predicted molar refractivity (Wildman–Crippen MR) is 89.2 cm³/mol. The fraction of sp³-hybridized carbons (Fsp3) is 0.125. The third-order valence-electron chi connectivity index (χ3n) is 3.39. The highest BCUT2D eigenvalue weighted by Gasteiger charge is 2.18. The Balaban J connectivity index is 1.79. The van der Waals surface area contributed by atoms with Gasteiger partial charge in [0.25, 0.3) is 5.91 Å². The monoisotopic (exact) mass is 371 g/mol. The van der Waals surface area contributed by atoms with E-state index in [1.807, 2.05) is 43.3 Å². The first-order chi connectivity index (χ1) is 11.2. The smallest absolute Gasteiger partial charge is 0.274 e. The summed E-state index contributed by atoms with van der Waals surface area (Å²) >= 11 is 3.48. The normalized spacial score (nSPS) is 10.5. The Morgan fingerprint density at radius 2 is 1.96 bits per heavy atom. The van der Waals surface area contributed by atoms with Gasteiger partial charge in [0.05, 0.1) is 11.4 Å². The lowest BCUT2D eigenvalue weighted by atomic mass is 10.2. The number of carbonyl (C=O) groups is 1. The number of rotatable bonds is 4. The van der Waals surface area contributed by atoms with E-state index in [4.69, 9.17) is 0 Å². The molecule has 1 amide bonds. The molecule has 0 atom stereocenters. The van der Waals surface area contributed by atoms with Gasteiger partial charge in [0, 0.05) is 23.4 Å². The zero-order valence-corrected chi connectivity index (χ0v) is 14.0. The topological polar surface area (TPSA) is 72.7 Å². The number of nitrogens with one attached hydrogen (secondary N) is 1. The lowest BCUT2D eigenvalue weighted by molar-refractivity contribution is 0.0945. The molecule has 0 aliphatic heterocycles. The molecule has 0 saturated carbocycles. The highest BCUT2D eigenvalue weighted by molar-refractivity contribution is 9.10. The van der Waals surface area contributed by atoms with Crippen LogP contribution >= 0.6 is 15.9 Å². The Bertz CT molecular complexity index is 831. The molecule has 0 unspecified atom stereocenters. The highest BCUT2D eigenvalue weighted by Crippen LogP contribution is 2.21.